The summed E-state index contributed by atoms with van der Waals surface area (Å²) < 4.78 is 11.4. The van der Waals surface area contributed by atoms with Gasteiger partial charge in [-0.05, 0) is 43.3 Å². The van der Waals surface area contributed by atoms with E-state index in [1.807, 2.05) is 36.4 Å². The fraction of sp³-hybridized carbons (Fsp3) is 0.0909. The van der Waals surface area contributed by atoms with Gasteiger partial charge in [0.25, 0.3) is 5.91 Å². The number of anilines is 1. The van der Waals surface area contributed by atoms with E-state index >= 15 is 0 Å². The molecule has 1 N–H and O–H groups in total. The van der Waals surface area contributed by atoms with Gasteiger partial charge in [0, 0.05) is 22.0 Å². The minimum Gasteiger partial charge on any atom is -0.484 e. The van der Waals surface area contributed by atoms with Crippen LogP contribution in [0.15, 0.2) is 71.1 Å². The molecule has 1 aromatic heterocycles. The van der Waals surface area contributed by atoms with Gasteiger partial charge in [-0.25, -0.2) is 0 Å². The van der Waals surface area contributed by atoms with Crippen LogP contribution in [0.1, 0.15) is 17.3 Å². The lowest BCUT2D eigenvalue weighted by molar-refractivity contribution is -0.118. The largest absolute Gasteiger partial charge is 0.484 e. The fourth-order valence-corrected chi connectivity index (χ4v) is 2.96. The van der Waals surface area contributed by atoms with Crippen LogP contribution in [-0.2, 0) is 4.79 Å². The number of rotatable bonds is 5. The number of carbonyl (C=O) groups excluding carboxylic acids is 2. The van der Waals surface area contributed by atoms with Crippen molar-refractivity contribution in [3.8, 4) is 5.75 Å². The summed E-state index contributed by atoms with van der Waals surface area (Å²) in [4.78, 5) is 23.6. The molecular weight excluding hydrogens is 342 g/mol. The van der Waals surface area contributed by atoms with E-state index in [1.165, 1.54) is 6.92 Å². The maximum absolute atomic E-state index is 12.2. The number of fused-ring (bicyclic) bond motifs is 3. The van der Waals surface area contributed by atoms with Gasteiger partial charge in [0.05, 0.1) is 0 Å². The van der Waals surface area contributed by atoms with E-state index in [-0.39, 0.29) is 18.3 Å². The number of nitrogens with one attached hydrogen (secondary N) is 1. The van der Waals surface area contributed by atoms with Crippen molar-refractivity contribution in [2.45, 2.75) is 6.92 Å². The first-order chi connectivity index (χ1) is 13.1. The summed E-state index contributed by atoms with van der Waals surface area (Å²) in [5, 5.41) is 4.68. The number of carbonyl (C=O) groups is 2. The molecule has 3 aromatic carbocycles. The second-order valence-electron chi connectivity index (χ2n) is 6.23. The van der Waals surface area contributed by atoms with Crippen molar-refractivity contribution >= 4 is 39.3 Å². The van der Waals surface area contributed by atoms with E-state index in [0.717, 1.165) is 21.9 Å². The van der Waals surface area contributed by atoms with Crippen LogP contribution in [0.2, 0.25) is 0 Å². The molecule has 0 aliphatic carbocycles. The van der Waals surface area contributed by atoms with Crippen LogP contribution < -0.4 is 10.1 Å². The molecule has 0 aliphatic rings. The third kappa shape index (κ3) is 3.53. The molecule has 1 heterocycles. The number of para-hydroxylation sites is 1. The van der Waals surface area contributed by atoms with E-state index < -0.39 is 0 Å². The zero-order chi connectivity index (χ0) is 18.8. The van der Waals surface area contributed by atoms with Crippen molar-refractivity contribution in [3.63, 3.8) is 0 Å². The van der Waals surface area contributed by atoms with Crippen LogP contribution in [0.5, 0.6) is 5.75 Å². The van der Waals surface area contributed by atoms with Gasteiger partial charge in [-0.15, -0.1) is 0 Å². The minimum atomic E-state index is -0.298. The van der Waals surface area contributed by atoms with Crippen LogP contribution >= 0.6 is 0 Å². The van der Waals surface area contributed by atoms with Crippen LogP contribution in [0, 0.1) is 0 Å². The van der Waals surface area contributed by atoms with Crippen molar-refractivity contribution in [3.05, 3.63) is 72.3 Å². The summed E-state index contributed by atoms with van der Waals surface area (Å²) >= 11 is 0. The number of hydrogen-bond acceptors (Lipinski definition) is 4. The van der Waals surface area contributed by atoms with E-state index in [9.17, 15) is 9.59 Å². The van der Waals surface area contributed by atoms with Gasteiger partial charge in [0.1, 0.15) is 16.9 Å². The Hall–Kier alpha value is -3.60. The SMILES string of the molecule is CC(=O)c1cccc(NC(=O)COc2ccc3oc4ccccc4c3c2)c1. The van der Waals surface area contributed by atoms with Gasteiger partial charge in [0.15, 0.2) is 12.4 Å². The lowest BCUT2D eigenvalue weighted by Crippen LogP contribution is -2.20. The number of benzene rings is 3. The molecule has 0 fully saturated rings. The second-order valence-corrected chi connectivity index (χ2v) is 6.23. The van der Waals surface area contributed by atoms with Crippen molar-refractivity contribution < 1.29 is 18.7 Å². The number of ether oxygens (including phenoxy) is 1. The molecule has 0 saturated carbocycles. The summed E-state index contributed by atoms with van der Waals surface area (Å²) in [6.07, 6.45) is 0. The summed E-state index contributed by atoms with van der Waals surface area (Å²) in [6, 6.07) is 20.1. The Kier molecular flexibility index (Phi) is 4.34. The zero-order valence-corrected chi connectivity index (χ0v) is 14.7. The maximum Gasteiger partial charge on any atom is 0.262 e. The average molecular weight is 359 g/mol. The number of Topliss-reactive ketones (excluding diaryl/α,β-unsaturated/α-hetero) is 1. The first kappa shape index (κ1) is 16.8. The number of ketones is 1. The van der Waals surface area contributed by atoms with Crippen molar-refractivity contribution in [2.75, 3.05) is 11.9 Å². The quantitative estimate of drug-likeness (QED) is 0.519. The molecule has 0 aliphatic heterocycles. The zero-order valence-electron chi connectivity index (χ0n) is 14.7. The van der Waals surface area contributed by atoms with Crippen LogP contribution in [0.3, 0.4) is 0 Å². The summed E-state index contributed by atoms with van der Waals surface area (Å²) in [5.41, 5.74) is 2.69. The van der Waals surface area contributed by atoms with Crippen LogP contribution in [0.4, 0.5) is 5.69 Å². The highest BCUT2D eigenvalue weighted by atomic mass is 16.5. The molecule has 5 nitrogen and oxygen atoms in total. The number of hydrogen-bond donors (Lipinski definition) is 1. The van der Waals surface area contributed by atoms with Gasteiger partial charge in [-0.1, -0.05) is 30.3 Å². The monoisotopic (exact) mass is 359 g/mol. The third-order valence-corrected chi connectivity index (χ3v) is 4.27. The third-order valence-electron chi connectivity index (χ3n) is 4.27. The fourth-order valence-electron chi connectivity index (χ4n) is 2.96. The topological polar surface area (TPSA) is 68.5 Å². The van der Waals surface area contributed by atoms with E-state index in [1.54, 1.807) is 30.3 Å². The summed E-state index contributed by atoms with van der Waals surface area (Å²) in [7, 11) is 0. The molecule has 0 bridgehead atoms. The van der Waals surface area contributed by atoms with Gasteiger partial charge >= 0.3 is 0 Å². The Morgan fingerprint density at radius 2 is 1.74 bits per heavy atom. The highest BCUT2D eigenvalue weighted by Crippen LogP contribution is 2.31. The molecular formula is C22H17NO4. The van der Waals surface area contributed by atoms with Gasteiger partial charge in [-0.2, -0.15) is 0 Å². The van der Waals surface area contributed by atoms with Gasteiger partial charge in [0.2, 0.25) is 0 Å². The lowest BCUT2D eigenvalue weighted by Gasteiger charge is -2.08. The Morgan fingerprint density at radius 1 is 0.926 bits per heavy atom. The molecule has 1 amide bonds. The smallest absolute Gasteiger partial charge is 0.262 e. The van der Waals surface area contributed by atoms with Crippen LogP contribution in [0.25, 0.3) is 21.9 Å². The Labute approximate surface area is 155 Å². The summed E-state index contributed by atoms with van der Waals surface area (Å²) in [6.45, 7) is 1.35. The average Bonchev–Trinajstić information content (AvgIpc) is 3.04. The first-order valence-electron chi connectivity index (χ1n) is 8.55. The highest BCUT2D eigenvalue weighted by molar-refractivity contribution is 6.05. The first-order valence-corrected chi connectivity index (χ1v) is 8.55. The second kappa shape index (κ2) is 6.96. The molecule has 27 heavy (non-hydrogen) atoms. The van der Waals surface area contributed by atoms with E-state index in [0.29, 0.717) is 17.0 Å². The molecule has 0 unspecified atom stereocenters. The van der Waals surface area contributed by atoms with Gasteiger partial charge in [-0.3, -0.25) is 9.59 Å². The molecule has 0 spiro atoms. The maximum atomic E-state index is 12.2. The molecule has 4 rings (SSSR count). The van der Waals surface area contributed by atoms with Crippen molar-refractivity contribution in [1.29, 1.82) is 0 Å². The van der Waals surface area contributed by atoms with Gasteiger partial charge < -0.3 is 14.5 Å². The molecule has 134 valence electrons. The molecule has 4 aromatic rings. The number of furan rings is 1. The predicted molar refractivity (Wildman–Crippen MR) is 104 cm³/mol. The minimum absolute atomic E-state index is 0.0528. The van der Waals surface area contributed by atoms with E-state index in [4.69, 9.17) is 9.15 Å². The van der Waals surface area contributed by atoms with E-state index in [2.05, 4.69) is 5.32 Å². The normalized spacial score (nSPS) is 10.9. The molecule has 0 saturated heterocycles. The Balaban J connectivity index is 1.46. The van der Waals surface area contributed by atoms with Crippen molar-refractivity contribution in [1.82, 2.24) is 0 Å². The highest BCUT2D eigenvalue weighted by Gasteiger charge is 2.09. The Bertz CT molecular complexity index is 1160. The summed E-state index contributed by atoms with van der Waals surface area (Å²) in [5.74, 6) is 0.234. The molecule has 0 radical (unpaired) electrons. The Morgan fingerprint density at radius 3 is 2.59 bits per heavy atom. The molecule has 5 heteroatoms. The van der Waals surface area contributed by atoms with Crippen LogP contribution in [-0.4, -0.2) is 18.3 Å². The predicted octanol–water partition coefficient (Wildman–Crippen LogP) is 4.81. The van der Waals surface area contributed by atoms with Crippen molar-refractivity contribution in [2.24, 2.45) is 0 Å². The number of amides is 1. The lowest BCUT2D eigenvalue weighted by atomic mass is 10.1. The molecule has 0 atom stereocenters. The standard InChI is InChI=1S/C22H17NO4/c1-14(24)15-5-4-6-16(11-15)23-22(25)13-26-17-9-10-21-19(12-17)18-7-2-3-8-20(18)27-21/h2-12H,13H2,1H3,(H,23,25).